The number of hydroxylamine groups is 1. The molecule has 5 heteroatoms. The van der Waals surface area contributed by atoms with Gasteiger partial charge in [0.05, 0.1) is 0 Å². The molecular formula is C12H24F3NO. The highest BCUT2D eigenvalue weighted by atomic mass is 19.4. The largest absolute Gasteiger partial charge is 0.413 e. The molecule has 0 saturated heterocycles. The van der Waals surface area contributed by atoms with Gasteiger partial charge in [0.15, 0.2) is 6.61 Å². The molecule has 0 aliphatic heterocycles. The van der Waals surface area contributed by atoms with Gasteiger partial charge in [-0.3, -0.25) is 4.84 Å². The van der Waals surface area contributed by atoms with Gasteiger partial charge >= 0.3 is 6.18 Å². The van der Waals surface area contributed by atoms with Gasteiger partial charge in [-0.1, -0.05) is 51.9 Å². The second-order valence-corrected chi connectivity index (χ2v) is 4.27. The zero-order chi connectivity index (χ0) is 13.0. The van der Waals surface area contributed by atoms with Gasteiger partial charge in [0.1, 0.15) is 0 Å². The van der Waals surface area contributed by atoms with E-state index in [0.717, 1.165) is 19.3 Å². The molecule has 0 aliphatic rings. The Balaban J connectivity index is 2.99. The van der Waals surface area contributed by atoms with E-state index in [0.29, 0.717) is 6.54 Å². The molecule has 0 rings (SSSR count). The van der Waals surface area contributed by atoms with E-state index in [1.54, 1.807) is 0 Å². The van der Waals surface area contributed by atoms with Crippen LogP contribution in [0.1, 0.15) is 58.3 Å². The van der Waals surface area contributed by atoms with Crippen molar-refractivity contribution in [3.8, 4) is 0 Å². The van der Waals surface area contributed by atoms with Crippen LogP contribution in [0.3, 0.4) is 0 Å². The van der Waals surface area contributed by atoms with E-state index in [4.69, 9.17) is 0 Å². The molecule has 0 fully saturated rings. The van der Waals surface area contributed by atoms with Crippen molar-refractivity contribution < 1.29 is 18.0 Å². The number of hydrogen-bond donors (Lipinski definition) is 1. The van der Waals surface area contributed by atoms with Crippen molar-refractivity contribution in [2.24, 2.45) is 0 Å². The summed E-state index contributed by atoms with van der Waals surface area (Å²) in [5, 5.41) is 0. The van der Waals surface area contributed by atoms with Crippen LogP contribution in [0.25, 0.3) is 0 Å². The lowest BCUT2D eigenvalue weighted by Gasteiger charge is -2.08. The molecule has 0 radical (unpaired) electrons. The Morgan fingerprint density at radius 1 is 0.882 bits per heavy atom. The Hall–Kier alpha value is -0.290. The third-order valence-electron chi connectivity index (χ3n) is 2.47. The van der Waals surface area contributed by atoms with E-state index < -0.39 is 12.8 Å². The standard InChI is InChI=1S/C12H24F3NO/c1-2-3-4-5-6-7-8-9-10-16-17-11-12(13,14)15/h16H,2-11H2,1H3. The molecule has 0 amide bonds. The van der Waals surface area contributed by atoms with Crippen molar-refractivity contribution in [1.29, 1.82) is 0 Å². The molecule has 0 bridgehead atoms. The van der Waals surface area contributed by atoms with Gasteiger partial charge in [-0.2, -0.15) is 13.2 Å². The van der Waals surface area contributed by atoms with E-state index >= 15 is 0 Å². The first-order valence-electron chi connectivity index (χ1n) is 6.47. The maximum Gasteiger partial charge on any atom is 0.413 e. The predicted molar refractivity (Wildman–Crippen MR) is 62.6 cm³/mol. The third kappa shape index (κ3) is 15.7. The van der Waals surface area contributed by atoms with Crippen LogP contribution in [0.2, 0.25) is 0 Å². The van der Waals surface area contributed by atoms with Gasteiger partial charge in [-0.05, 0) is 6.42 Å². The minimum atomic E-state index is -4.24. The van der Waals surface area contributed by atoms with Crippen LogP contribution < -0.4 is 5.48 Å². The maximum absolute atomic E-state index is 11.7. The average molecular weight is 255 g/mol. The van der Waals surface area contributed by atoms with Crippen LogP contribution in [0.15, 0.2) is 0 Å². The molecule has 0 saturated carbocycles. The fourth-order valence-corrected chi connectivity index (χ4v) is 1.54. The lowest BCUT2D eigenvalue weighted by Crippen LogP contribution is -2.25. The van der Waals surface area contributed by atoms with Crippen molar-refractivity contribution in [3.05, 3.63) is 0 Å². The van der Waals surface area contributed by atoms with Gasteiger partial charge in [0.25, 0.3) is 0 Å². The molecule has 0 aliphatic carbocycles. The van der Waals surface area contributed by atoms with E-state index in [9.17, 15) is 13.2 Å². The lowest BCUT2D eigenvalue weighted by molar-refractivity contribution is -0.189. The molecule has 0 spiro atoms. The fourth-order valence-electron chi connectivity index (χ4n) is 1.54. The number of alkyl halides is 3. The van der Waals surface area contributed by atoms with Crippen LogP contribution in [0.4, 0.5) is 13.2 Å². The summed E-state index contributed by atoms with van der Waals surface area (Å²) in [6.45, 7) is 1.46. The first-order valence-corrected chi connectivity index (χ1v) is 6.47. The van der Waals surface area contributed by atoms with Crippen LogP contribution in [0.5, 0.6) is 0 Å². The molecule has 104 valence electrons. The highest BCUT2D eigenvalue weighted by Crippen LogP contribution is 2.13. The normalized spacial score (nSPS) is 12.0. The molecular weight excluding hydrogens is 231 g/mol. The van der Waals surface area contributed by atoms with Crippen molar-refractivity contribution >= 4 is 0 Å². The molecule has 0 atom stereocenters. The van der Waals surface area contributed by atoms with E-state index in [1.165, 1.54) is 32.1 Å². The average Bonchev–Trinajstić information content (AvgIpc) is 2.24. The SMILES string of the molecule is CCCCCCCCCCNOCC(F)(F)F. The summed E-state index contributed by atoms with van der Waals surface area (Å²) in [7, 11) is 0. The molecule has 17 heavy (non-hydrogen) atoms. The second kappa shape index (κ2) is 10.8. The molecule has 0 aromatic carbocycles. The minimum absolute atomic E-state index is 0.491. The Morgan fingerprint density at radius 2 is 1.41 bits per heavy atom. The molecule has 1 N–H and O–H groups in total. The number of unbranched alkanes of at least 4 members (excludes halogenated alkanes) is 7. The first-order chi connectivity index (χ1) is 8.06. The van der Waals surface area contributed by atoms with Gasteiger partial charge in [-0.25, -0.2) is 5.48 Å². The highest BCUT2D eigenvalue weighted by Gasteiger charge is 2.27. The third-order valence-corrected chi connectivity index (χ3v) is 2.47. The van der Waals surface area contributed by atoms with Crippen molar-refractivity contribution in [2.45, 2.75) is 64.5 Å². The van der Waals surface area contributed by atoms with Crippen molar-refractivity contribution in [1.82, 2.24) is 5.48 Å². The fraction of sp³-hybridized carbons (Fsp3) is 1.00. The second-order valence-electron chi connectivity index (χ2n) is 4.27. The molecule has 0 heterocycles. The highest BCUT2D eigenvalue weighted by molar-refractivity contribution is 4.47. The molecule has 0 aromatic rings. The van der Waals surface area contributed by atoms with Crippen molar-refractivity contribution in [3.63, 3.8) is 0 Å². The Kier molecular flexibility index (Phi) is 10.7. The maximum atomic E-state index is 11.7. The summed E-state index contributed by atoms with van der Waals surface area (Å²) in [6, 6.07) is 0. The molecule has 2 nitrogen and oxygen atoms in total. The minimum Gasteiger partial charge on any atom is -0.292 e. The van der Waals surface area contributed by atoms with Gasteiger partial charge in [0.2, 0.25) is 0 Å². The number of hydrogen-bond acceptors (Lipinski definition) is 2. The van der Waals surface area contributed by atoms with E-state index in [-0.39, 0.29) is 0 Å². The number of halogens is 3. The summed E-state index contributed by atoms with van der Waals surface area (Å²) in [5.41, 5.74) is 2.33. The summed E-state index contributed by atoms with van der Waals surface area (Å²) in [5.74, 6) is 0. The lowest BCUT2D eigenvalue weighted by atomic mass is 10.1. The zero-order valence-corrected chi connectivity index (χ0v) is 10.6. The predicted octanol–water partition coefficient (Wildman–Crippen LogP) is 4.21. The van der Waals surface area contributed by atoms with Crippen molar-refractivity contribution in [2.75, 3.05) is 13.2 Å². The van der Waals surface area contributed by atoms with Crippen LogP contribution >= 0.6 is 0 Å². The Bertz CT molecular complexity index is 162. The number of nitrogens with one attached hydrogen (secondary N) is 1. The Morgan fingerprint density at radius 3 is 1.94 bits per heavy atom. The topological polar surface area (TPSA) is 21.3 Å². The quantitative estimate of drug-likeness (QED) is 0.441. The smallest absolute Gasteiger partial charge is 0.292 e. The Labute approximate surface area is 102 Å². The summed E-state index contributed by atoms with van der Waals surface area (Å²) < 4.78 is 35.0. The molecule has 0 unspecified atom stereocenters. The van der Waals surface area contributed by atoms with Gasteiger partial charge in [-0.15, -0.1) is 0 Å². The monoisotopic (exact) mass is 255 g/mol. The van der Waals surface area contributed by atoms with E-state index in [2.05, 4.69) is 17.2 Å². The molecule has 0 aromatic heterocycles. The first kappa shape index (κ1) is 16.7. The number of rotatable bonds is 11. The summed E-state index contributed by atoms with van der Waals surface area (Å²) in [4.78, 5) is 4.28. The van der Waals surface area contributed by atoms with Gasteiger partial charge in [0, 0.05) is 6.54 Å². The van der Waals surface area contributed by atoms with Crippen LogP contribution in [0, 0.1) is 0 Å². The summed E-state index contributed by atoms with van der Waals surface area (Å²) >= 11 is 0. The summed E-state index contributed by atoms with van der Waals surface area (Å²) in [6.07, 6.45) is 5.17. The van der Waals surface area contributed by atoms with E-state index in [1.807, 2.05) is 0 Å². The van der Waals surface area contributed by atoms with Crippen LogP contribution in [-0.2, 0) is 4.84 Å². The van der Waals surface area contributed by atoms with Gasteiger partial charge < -0.3 is 0 Å². The zero-order valence-electron chi connectivity index (χ0n) is 10.6. The van der Waals surface area contributed by atoms with Crippen LogP contribution in [-0.4, -0.2) is 19.3 Å².